The molecule has 1 amide bonds. The summed E-state index contributed by atoms with van der Waals surface area (Å²) in [6, 6.07) is 19.9. The molecule has 0 bridgehead atoms. The van der Waals surface area contributed by atoms with Crippen LogP contribution in [0.2, 0.25) is 10.0 Å². The zero-order chi connectivity index (χ0) is 19.9. The van der Waals surface area contributed by atoms with Crippen LogP contribution in [0.15, 0.2) is 71.8 Å². The van der Waals surface area contributed by atoms with Crippen molar-refractivity contribution in [1.82, 2.24) is 5.43 Å². The maximum atomic E-state index is 12.2. The van der Waals surface area contributed by atoms with Crippen LogP contribution in [-0.2, 0) is 6.61 Å². The van der Waals surface area contributed by atoms with Gasteiger partial charge in [0.1, 0.15) is 12.4 Å². The first-order chi connectivity index (χ1) is 13.5. The van der Waals surface area contributed by atoms with E-state index in [1.54, 1.807) is 18.2 Å². The van der Waals surface area contributed by atoms with Crippen molar-refractivity contribution in [1.29, 1.82) is 0 Å². The molecule has 0 aromatic heterocycles. The molecular weight excluding hydrogens is 395 g/mol. The second-order valence-electron chi connectivity index (χ2n) is 6.12. The molecule has 0 aliphatic heterocycles. The van der Waals surface area contributed by atoms with E-state index in [0.717, 1.165) is 22.4 Å². The van der Waals surface area contributed by atoms with Crippen molar-refractivity contribution in [2.75, 3.05) is 0 Å². The maximum absolute atomic E-state index is 12.2. The van der Waals surface area contributed by atoms with Crippen molar-refractivity contribution < 1.29 is 9.53 Å². The van der Waals surface area contributed by atoms with Gasteiger partial charge in [-0.3, -0.25) is 4.79 Å². The van der Waals surface area contributed by atoms with Gasteiger partial charge in [0.15, 0.2) is 0 Å². The summed E-state index contributed by atoms with van der Waals surface area (Å²) in [5, 5.41) is 5.23. The Morgan fingerprint density at radius 1 is 1.04 bits per heavy atom. The lowest BCUT2D eigenvalue weighted by atomic mass is 10.1. The summed E-state index contributed by atoms with van der Waals surface area (Å²) < 4.78 is 5.76. The molecule has 0 fully saturated rings. The van der Waals surface area contributed by atoms with Gasteiger partial charge < -0.3 is 4.74 Å². The number of ether oxygens (including phenoxy) is 1. The molecule has 0 atom stereocenters. The highest BCUT2D eigenvalue weighted by molar-refractivity contribution is 6.33. The molecule has 3 aromatic rings. The Morgan fingerprint density at radius 3 is 2.50 bits per heavy atom. The van der Waals surface area contributed by atoms with Gasteiger partial charge in [-0.1, -0.05) is 53.5 Å². The quantitative estimate of drug-likeness (QED) is 0.420. The Hall–Kier alpha value is -2.82. The Balaban J connectivity index is 1.55. The summed E-state index contributed by atoms with van der Waals surface area (Å²) in [5.41, 5.74) is 5.63. The van der Waals surface area contributed by atoms with E-state index in [4.69, 9.17) is 27.9 Å². The normalized spacial score (nSPS) is 10.8. The molecule has 0 heterocycles. The van der Waals surface area contributed by atoms with Gasteiger partial charge >= 0.3 is 0 Å². The van der Waals surface area contributed by atoms with E-state index in [-0.39, 0.29) is 5.91 Å². The molecule has 1 N–H and O–H groups in total. The van der Waals surface area contributed by atoms with Gasteiger partial charge in [0.05, 0.1) is 6.21 Å². The Labute approximate surface area is 173 Å². The molecule has 3 aromatic carbocycles. The highest BCUT2D eigenvalue weighted by Crippen LogP contribution is 2.22. The molecule has 0 saturated carbocycles. The summed E-state index contributed by atoms with van der Waals surface area (Å²) in [6.45, 7) is 2.32. The Bertz CT molecular complexity index is 1000. The second kappa shape index (κ2) is 9.40. The van der Waals surface area contributed by atoms with Crippen LogP contribution in [0, 0.1) is 6.92 Å². The van der Waals surface area contributed by atoms with Crippen LogP contribution < -0.4 is 10.2 Å². The second-order valence-corrected chi connectivity index (χ2v) is 6.93. The minimum Gasteiger partial charge on any atom is -0.489 e. The SMILES string of the molecule is Cc1cc(OCc2ccc(C(=O)N/N=C\c3ccccc3Cl)cc2)ccc1Cl. The summed E-state index contributed by atoms with van der Waals surface area (Å²) in [5.74, 6) is 0.446. The lowest BCUT2D eigenvalue weighted by molar-refractivity contribution is 0.0955. The van der Waals surface area contributed by atoms with E-state index in [1.807, 2.05) is 55.5 Å². The predicted octanol–water partition coefficient (Wildman–Crippen LogP) is 5.64. The van der Waals surface area contributed by atoms with Gasteiger partial charge in [-0.25, -0.2) is 5.43 Å². The minimum absolute atomic E-state index is 0.302. The highest BCUT2D eigenvalue weighted by atomic mass is 35.5. The average molecular weight is 413 g/mol. The van der Waals surface area contributed by atoms with E-state index < -0.39 is 0 Å². The highest BCUT2D eigenvalue weighted by Gasteiger charge is 2.05. The topological polar surface area (TPSA) is 50.7 Å². The zero-order valence-electron chi connectivity index (χ0n) is 15.2. The van der Waals surface area contributed by atoms with Crippen LogP contribution in [0.3, 0.4) is 0 Å². The molecule has 0 saturated heterocycles. The zero-order valence-corrected chi connectivity index (χ0v) is 16.7. The number of hydrazone groups is 1. The Kier molecular flexibility index (Phi) is 6.69. The standard InChI is InChI=1S/C22H18Cl2N2O2/c1-15-12-19(10-11-20(15)23)28-14-16-6-8-17(9-7-16)22(27)26-25-13-18-4-2-3-5-21(18)24/h2-13H,14H2,1H3,(H,26,27)/b25-13-. The van der Waals surface area contributed by atoms with Crippen molar-refractivity contribution in [3.8, 4) is 5.75 Å². The molecule has 0 unspecified atom stereocenters. The number of carbonyl (C=O) groups is 1. The van der Waals surface area contributed by atoms with Gasteiger partial charge in [0.2, 0.25) is 0 Å². The number of nitrogens with zero attached hydrogens (tertiary/aromatic N) is 1. The number of aryl methyl sites for hydroxylation is 1. The summed E-state index contributed by atoms with van der Waals surface area (Å²) in [4.78, 5) is 12.2. The lowest BCUT2D eigenvalue weighted by Crippen LogP contribution is -2.17. The van der Waals surface area contributed by atoms with E-state index in [2.05, 4.69) is 10.5 Å². The van der Waals surface area contributed by atoms with E-state index in [9.17, 15) is 4.79 Å². The lowest BCUT2D eigenvalue weighted by Gasteiger charge is -2.08. The molecule has 3 rings (SSSR count). The van der Waals surface area contributed by atoms with Gasteiger partial charge in [-0.05, 0) is 54.4 Å². The van der Waals surface area contributed by atoms with Crippen LogP contribution in [0.1, 0.15) is 27.0 Å². The summed E-state index contributed by atoms with van der Waals surface area (Å²) in [7, 11) is 0. The number of rotatable bonds is 6. The molecule has 142 valence electrons. The maximum Gasteiger partial charge on any atom is 0.271 e. The molecule has 0 aliphatic carbocycles. The number of amides is 1. The number of carbonyl (C=O) groups excluding carboxylic acids is 1. The number of hydrogen-bond acceptors (Lipinski definition) is 3. The first-order valence-corrected chi connectivity index (χ1v) is 9.34. The fourth-order valence-corrected chi connectivity index (χ4v) is 2.73. The van der Waals surface area contributed by atoms with Crippen molar-refractivity contribution in [3.63, 3.8) is 0 Å². The monoisotopic (exact) mass is 412 g/mol. The molecule has 28 heavy (non-hydrogen) atoms. The molecular formula is C22H18Cl2N2O2. The van der Waals surface area contributed by atoms with Crippen LogP contribution in [0.5, 0.6) is 5.75 Å². The number of nitrogens with one attached hydrogen (secondary N) is 1. The predicted molar refractivity (Wildman–Crippen MR) is 113 cm³/mol. The minimum atomic E-state index is -0.302. The van der Waals surface area contributed by atoms with Crippen LogP contribution in [0.4, 0.5) is 0 Å². The molecule has 6 heteroatoms. The first-order valence-electron chi connectivity index (χ1n) is 8.59. The van der Waals surface area contributed by atoms with Gasteiger partial charge in [-0.15, -0.1) is 0 Å². The Morgan fingerprint density at radius 2 is 1.79 bits per heavy atom. The molecule has 4 nitrogen and oxygen atoms in total. The van der Waals surface area contributed by atoms with Crippen LogP contribution >= 0.6 is 23.2 Å². The summed E-state index contributed by atoms with van der Waals surface area (Å²) in [6.07, 6.45) is 1.51. The largest absolute Gasteiger partial charge is 0.489 e. The third kappa shape index (κ3) is 5.35. The van der Waals surface area contributed by atoms with Crippen molar-refractivity contribution in [3.05, 3.63) is 99.0 Å². The fourth-order valence-electron chi connectivity index (χ4n) is 2.43. The van der Waals surface area contributed by atoms with Gasteiger partial charge in [0.25, 0.3) is 5.91 Å². The summed E-state index contributed by atoms with van der Waals surface area (Å²) >= 11 is 12.1. The third-order valence-electron chi connectivity index (χ3n) is 4.03. The number of halogens is 2. The molecule has 0 radical (unpaired) electrons. The number of benzene rings is 3. The van der Waals surface area contributed by atoms with Crippen molar-refractivity contribution in [2.24, 2.45) is 5.10 Å². The fraction of sp³-hybridized carbons (Fsp3) is 0.0909. The molecule has 0 spiro atoms. The van der Waals surface area contributed by atoms with E-state index in [0.29, 0.717) is 22.2 Å². The first kappa shape index (κ1) is 19.9. The smallest absolute Gasteiger partial charge is 0.271 e. The van der Waals surface area contributed by atoms with E-state index >= 15 is 0 Å². The van der Waals surface area contributed by atoms with E-state index in [1.165, 1.54) is 6.21 Å². The van der Waals surface area contributed by atoms with Gasteiger partial charge in [0, 0.05) is 21.2 Å². The van der Waals surface area contributed by atoms with Crippen LogP contribution in [0.25, 0.3) is 0 Å². The van der Waals surface area contributed by atoms with Crippen molar-refractivity contribution in [2.45, 2.75) is 13.5 Å². The average Bonchev–Trinajstić information content (AvgIpc) is 2.70. The number of hydrogen-bond donors (Lipinski definition) is 1. The molecule has 0 aliphatic rings. The van der Waals surface area contributed by atoms with Crippen LogP contribution in [-0.4, -0.2) is 12.1 Å². The third-order valence-corrected chi connectivity index (χ3v) is 4.79. The van der Waals surface area contributed by atoms with Crippen molar-refractivity contribution >= 4 is 35.3 Å². The van der Waals surface area contributed by atoms with Gasteiger partial charge in [-0.2, -0.15) is 5.10 Å².